The highest BCUT2D eigenvalue weighted by atomic mass is 16.3. The largest absolute Gasteiger partial charge is 0.507 e. The zero-order valence-corrected chi connectivity index (χ0v) is 19.9. The highest BCUT2D eigenvalue weighted by molar-refractivity contribution is 5.49. The summed E-state index contributed by atoms with van der Waals surface area (Å²) in [6, 6.07) is 8.77. The first-order valence-electron chi connectivity index (χ1n) is 11.7. The van der Waals surface area contributed by atoms with Gasteiger partial charge in [-0.3, -0.25) is 0 Å². The van der Waals surface area contributed by atoms with Crippen molar-refractivity contribution in [2.75, 3.05) is 0 Å². The molecule has 4 bridgehead atoms. The molecule has 2 heteroatoms. The van der Waals surface area contributed by atoms with Gasteiger partial charge in [-0.05, 0) is 82.7 Å². The molecule has 0 fully saturated rings. The summed E-state index contributed by atoms with van der Waals surface area (Å²) in [7, 11) is 0. The third-order valence-corrected chi connectivity index (χ3v) is 6.57. The first-order valence-corrected chi connectivity index (χ1v) is 11.7. The normalized spacial score (nSPS) is 16.2. The van der Waals surface area contributed by atoms with Crippen molar-refractivity contribution in [2.24, 2.45) is 0 Å². The van der Waals surface area contributed by atoms with Crippen LogP contribution < -0.4 is 0 Å². The molecule has 1 aliphatic rings. The molecule has 3 rings (SSSR count). The molecule has 0 aromatic heterocycles. The molecule has 2 N–H and O–H groups in total. The lowest BCUT2D eigenvalue weighted by molar-refractivity contribution is 0.449. The number of phenols is 2. The predicted molar refractivity (Wildman–Crippen MR) is 127 cm³/mol. The molecule has 0 aliphatic heterocycles. The zero-order chi connectivity index (χ0) is 22.1. The van der Waals surface area contributed by atoms with E-state index in [0.717, 1.165) is 73.6 Å². The van der Waals surface area contributed by atoms with Crippen LogP contribution in [0.4, 0.5) is 0 Å². The summed E-state index contributed by atoms with van der Waals surface area (Å²) in [5.74, 6) is 0.929. The molecular weight excluding hydrogens is 368 g/mol. The summed E-state index contributed by atoms with van der Waals surface area (Å²) in [6.45, 7) is 13.4. The van der Waals surface area contributed by atoms with Gasteiger partial charge in [-0.15, -0.1) is 0 Å². The van der Waals surface area contributed by atoms with Gasteiger partial charge in [0.2, 0.25) is 0 Å². The monoisotopic (exact) mass is 408 g/mol. The van der Waals surface area contributed by atoms with Gasteiger partial charge in [-0.25, -0.2) is 0 Å². The van der Waals surface area contributed by atoms with E-state index in [9.17, 15) is 10.2 Å². The molecule has 0 radical (unpaired) electrons. The fourth-order valence-electron chi connectivity index (χ4n) is 4.40. The van der Waals surface area contributed by atoms with Gasteiger partial charge < -0.3 is 10.2 Å². The molecule has 164 valence electrons. The van der Waals surface area contributed by atoms with Gasteiger partial charge in [0.25, 0.3) is 0 Å². The molecule has 2 aromatic carbocycles. The Hall–Kier alpha value is -1.96. The summed E-state index contributed by atoms with van der Waals surface area (Å²) in [5.41, 5.74) is 6.85. The summed E-state index contributed by atoms with van der Waals surface area (Å²) in [4.78, 5) is 0. The summed E-state index contributed by atoms with van der Waals surface area (Å²) in [6.07, 6.45) is 7.86. The lowest BCUT2D eigenvalue weighted by Gasteiger charge is -2.24. The van der Waals surface area contributed by atoms with Crippen molar-refractivity contribution in [3.8, 4) is 11.5 Å². The van der Waals surface area contributed by atoms with Crippen LogP contribution in [-0.4, -0.2) is 10.2 Å². The zero-order valence-electron chi connectivity index (χ0n) is 19.9. The third-order valence-electron chi connectivity index (χ3n) is 6.57. The molecule has 0 amide bonds. The fourth-order valence-corrected chi connectivity index (χ4v) is 4.40. The molecule has 2 aromatic rings. The molecular formula is C28H40O2. The number of rotatable bonds is 0. The second-order valence-electron chi connectivity index (χ2n) is 11.2. The Kier molecular flexibility index (Phi) is 6.55. The predicted octanol–water partition coefficient (Wildman–Crippen LogP) is 7.14. The van der Waals surface area contributed by atoms with E-state index in [1.807, 2.05) is 0 Å². The molecule has 30 heavy (non-hydrogen) atoms. The van der Waals surface area contributed by atoms with E-state index < -0.39 is 0 Å². The van der Waals surface area contributed by atoms with Crippen molar-refractivity contribution in [1.29, 1.82) is 0 Å². The second kappa shape index (κ2) is 8.65. The topological polar surface area (TPSA) is 40.5 Å². The fraction of sp³-hybridized carbons (Fsp3) is 0.571. The number of fused-ring (bicyclic) bond motifs is 4. The van der Waals surface area contributed by atoms with Crippen molar-refractivity contribution in [3.05, 3.63) is 57.6 Å². The van der Waals surface area contributed by atoms with Gasteiger partial charge >= 0.3 is 0 Å². The van der Waals surface area contributed by atoms with Crippen molar-refractivity contribution in [3.63, 3.8) is 0 Å². The first-order chi connectivity index (χ1) is 14.0. The van der Waals surface area contributed by atoms with Crippen molar-refractivity contribution < 1.29 is 10.2 Å². The SMILES string of the molecule is CC(C)(C)c1cc2c(O)c(c1)CCc1cc(C(C)(C)C)cc(c1O)CCCCCC2. The summed E-state index contributed by atoms with van der Waals surface area (Å²) in [5, 5.41) is 22.0. The molecule has 0 heterocycles. The van der Waals surface area contributed by atoms with Gasteiger partial charge in [0.15, 0.2) is 0 Å². The Morgan fingerprint density at radius 2 is 0.800 bits per heavy atom. The number of hydrogen-bond acceptors (Lipinski definition) is 2. The van der Waals surface area contributed by atoms with Crippen LogP contribution in [-0.2, 0) is 36.5 Å². The van der Waals surface area contributed by atoms with Gasteiger partial charge in [0.05, 0.1) is 0 Å². The number of aryl methyl sites for hydroxylation is 4. The van der Waals surface area contributed by atoms with E-state index in [0.29, 0.717) is 11.5 Å². The maximum absolute atomic E-state index is 11.0. The molecule has 0 spiro atoms. The maximum Gasteiger partial charge on any atom is 0.121 e. The summed E-state index contributed by atoms with van der Waals surface area (Å²) < 4.78 is 0. The maximum atomic E-state index is 11.0. The van der Waals surface area contributed by atoms with E-state index in [1.54, 1.807) is 0 Å². The summed E-state index contributed by atoms with van der Waals surface area (Å²) >= 11 is 0. The highest BCUT2D eigenvalue weighted by Gasteiger charge is 2.21. The van der Waals surface area contributed by atoms with Crippen LogP contribution in [0.25, 0.3) is 0 Å². The van der Waals surface area contributed by atoms with Crippen LogP contribution in [0.15, 0.2) is 24.3 Å². The Morgan fingerprint density at radius 1 is 0.500 bits per heavy atom. The smallest absolute Gasteiger partial charge is 0.121 e. The van der Waals surface area contributed by atoms with Crippen LogP contribution in [0.2, 0.25) is 0 Å². The van der Waals surface area contributed by atoms with E-state index in [1.165, 1.54) is 11.1 Å². The minimum absolute atomic E-state index is 0.0457. The van der Waals surface area contributed by atoms with Crippen molar-refractivity contribution in [1.82, 2.24) is 0 Å². The van der Waals surface area contributed by atoms with E-state index in [2.05, 4.69) is 65.8 Å². The minimum Gasteiger partial charge on any atom is -0.507 e. The number of hydrogen-bond donors (Lipinski definition) is 2. The second-order valence-corrected chi connectivity index (χ2v) is 11.2. The van der Waals surface area contributed by atoms with E-state index in [4.69, 9.17) is 0 Å². The first kappa shape index (κ1) is 22.7. The molecule has 0 unspecified atom stereocenters. The van der Waals surface area contributed by atoms with E-state index >= 15 is 0 Å². The molecule has 0 atom stereocenters. The van der Waals surface area contributed by atoms with Crippen LogP contribution in [0.1, 0.15) is 101 Å². The van der Waals surface area contributed by atoms with Crippen LogP contribution in [0.5, 0.6) is 11.5 Å². The molecule has 1 aliphatic carbocycles. The quantitative estimate of drug-likeness (QED) is 0.486. The average molecular weight is 409 g/mol. The standard InChI is InChI=1S/C28H40O2/c1-27(2,3)23-15-19-11-9-7-8-10-12-20-16-24(28(4,5)6)18-22(26(20)30)14-13-21(17-23)25(19)29/h15-18,29-30H,7-14H2,1-6H3. The van der Waals surface area contributed by atoms with Gasteiger partial charge in [0, 0.05) is 0 Å². The Labute approximate surface area is 183 Å². The highest BCUT2D eigenvalue weighted by Crippen LogP contribution is 2.36. The van der Waals surface area contributed by atoms with Gasteiger partial charge in [-0.2, -0.15) is 0 Å². The lowest BCUT2D eigenvalue weighted by Crippen LogP contribution is -2.14. The number of aromatic hydroxyl groups is 2. The molecule has 0 saturated heterocycles. The van der Waals surface area contributed by atoms with Gasteiger partial charge in [-0.1, -0.05) is 78.6 Å². The average Bonchev–Trinajstić information content (AvgIpc) is 2.64. The molecule has 2 nitrogen and oxygen atoms in total. The Morgan fingerprint density at radius 3 is 1.10 bits per heavy atom. The van der Waals surface area contributed by atoms with Crippen LogP contribution in [0, 0.1) is 0 Å². The Bertz CT molecular complexity index is 819. The number of benzene rings is 2. The third kappa shape index (κ3) is 5.20. The molecule has 0 saturated carbocycles. The minimum atomic E-state index is 0.0457. The van der Waals surface area contributed by atoms with Gasteiger partial charge in [0.1, 0.15) is 11.5 Å². The Balaban J connectivity index is 2.07. The van der Waals surface area contributed by atoms with E-state index in [-0.39, 0.29) is 10.8 Å². The van der Waals surface area contributed by atoms with Crippen molar-refractivity contribution in [2.45, 2.75) is 104 Å². The lowest BCUT2D eigenvalue weighted by atomic mass is 9.82. The van der Waals surface area contributed by atoms with Crippen molar-refractivity contribution >= 4 is 0 Å². The van der Waals surface area contributed by atoms with Crippen LogP contribution in [0.3, 0.4) is 0 Å². The number of phenolic OH excluding ortho intramolecular Hbond substituents is 2. The van der Waals surface area contributed by atoms with Crippen LogP contribution >= 0.6 is 0 Å².